The van der Waals surface area contributed by atoms with E-state index in [1.807, 2.05) is 109 Å². The van der Waals surface area contributed by atoms with Crippen molar-refractivity contribution in [2.24, 2.45) is 0 Å². The second kappa shape index (κ2) is 19.4. The molecule has 9 heteroatoms. The smallest absolute Gasteiger partial charge is 0.333 e. The van der Waals surface area contributed by atoms with E-state index in [0.29, 0.717) is 28.7 Å². The Bertz CT molecular complexity index is 1990. The Labute approximate surface area is 316 Å². The summed E-state index contributed by atoms with van der Waals surface area (Å²) in [6.07, 6.45) is -1.61. The lowest BCUT2D eigenvalue weighted by Crippen LogP contribution is -2.32. The third-order valence-corrected chi connectivity index (χ3v) is 8.04. The molecular weight excluding hydrogens is 684 g/mol. The van der Waals surface area contributed by atoms with Gasteiger partial charge >= 0.3 is 11.9 Å². The number of carbonyl (C=O) groups is 2. The molecule has 0 bridgehead atoms. The summed E-state index contributed by atoms with van der Waals surface area (Å²) in [6.45, 7) is 10.4. The highest BCUT2D eigenvalue weighted by molar-refractivity contribution is 5.87. The zero-order valence-corrected chi connectivity index (χ0v) is 30.7. The minimum absolute atomic E-state index is 0.00641. The van der Waals surface area contributed by atoms with Crippen molar-refractivity contribution in [3.8, 4) is 51.0 Å². The van der Waals surface area contributed by atoms with Gasteiger partial charge in [0, 0.05) is 17.2 Å². The van der Waals surface area contributed by atoms with Crippen LogP contribution in [0.1, 0.15) is 13.8 Å². The van der Waals surface area contributed by atoms with Gasteiger partial charge in [0.25, 0.3) is 0 Å². The number of rotatable bonds is 19. The molecule has 0 aromatic heterocycles. The number of carbonyl (C=O) groups excluding carboxylic acids is 2. The van der Waals surface area contributed by atoms with Crippen molar-refractivity contribution in [3.05, 3.63) is 152 Å². The zero-order chi connectivity index (χ0) is 38.3. The van der Waals surface area contributed by atoms with Crippen molar-refractivity contribution in [2.75, 3.05) is 33.5 Å². The number of benzene rings is 5. The fraction of sp³-hybridized carbons (Fsp3) is 0.200. The van der Waals surface area contributed by atoms with E-state index in [1.165, 1.54) is 7.11 Å². The molecule has 54 heavy (non-hydrogen) atoms. The maximum absolute atomic E-state index is 12.6. The molecule has 0 amide bonds. The van der Waals surface area contributed by atoms with Crippen LogP contribution < -0.4 is 23.7 Å². The van der Waals surface area contributed by atoms with E-state index in [0.717, 1.165) is 22.3 Å². The van der Waals surface area contributed by atoms with Gasteiger partial charge in [-0.25, -0.2) is 9.59 Å². The molecule has 0 radical (unpaired) electrons. The predicted molar refractivity (Wildman–Crippen MR) is 208 cm³/mol. The molecule has 0 N–H and O–H groups in total. The fourth-order valence-corrected chi connectivity index (χ4v) is 5.08. The van der Waals surface area contributed by atoms with Crippen molar-refractivity contribution in [3.63, 3.8) is 0 Å². The van der Waals surface area contributed by atoms with Crippen molar-refractivity contribution < 1.29 is 42.7 Å². The highest BCUT2D eigenvalue weighted by Gasteiger charge is 2.21. The maximum Gasteiger partial charge on any atom is 0.333 e. The van der Waals surface area contributed by atoms with Crippen LogP contribution in [0.15, 0.2) is 152 Å². The van der Waals surface area contributed by atoms with Crippen LogP contribution in [0.25, 0.3) is 22.3 Å². The quantitative estimate of drug-likeness (QED) is 0.0610. The second-order valence-corrected chi connectivity index (χ2v) is 12.5. The molecule has 5 aromatic rings. The molecule has 0 heterocycles. The normalized spacial score (nSPS) is 11.7. The van der Waals surface area contributed by atoms with E-state index in [1.54, 1.807) is 32.0 Å². The number of hydrogen-bond acceptors (Lipinski definition) is 9. The van der Waals surface area contributed by atoms with Crippen LogP contribution >= 0.6 is 0 Å². The topological polar surface area (TPSA) is 98.8 Å². The highest BCUT2D eigenvalue weighted by atomic mass is 16.6. The third-order valence-electron chi connectivity index (χ3n) is 8.04. The molecule has 0 aliphatic carbocycles. The van der Waals surface area contributed by atoms with E-state index in [2.05, 4.69) is 13.2 Å². The van der Waals surface area contributed by atoms with Crippen LogP contribution in [-0.4, -0.2) is 57.7 Å². The highest BCUT2D eigenvalue weighted by Crippen LogP contribution is 2.32. The van der Waals surface area contributed by atoms with Crippen molar-refractivity contribution in [1.29, 1.82) is 0 Å². The fourth-order valence-electron chi connectivity index (χ4n) is 5.08. The Kier molecular flexibility index (Phi) is 13.9. The summed E-state index contributed by atoms with van der Waals surface area (Å²) in [6, 6.07) is 40.3. The van der Waals surface area contributed by atoms with Crippen LogP contribution in [0, 0.1) is 0 Å². The monoisotopic (exact) mass is 728 g/mol. The zero-order valence-electron chi connectivity index (χ0n) is 30.7. The summed E-state index contributed by atoms with van der Waals surface area (Å²) in [5, 5.41) is 0. The summed E-state index contributed by atoms with van der Waals surface area (Å²) in [5.74, 6) is 1.20. The van der Waals surface area contributed by atoms with Crippen LogP contribution in [0.3, 0.4) is 0 Å². The number of hydrogen-bond donors (Lipinski definition) is 0. The summed E-state index contributed by atoms with van der Waals surface area (Å²) >= 11 is 0. The number of ether oxygens (including phenoxy) is 7. The standard InChI is InChI=1S/C45H44O9/c1-31(2)44(46)53-40(27-49-37-20-16-35(17-21-37)33-12-8-6-9-13-33)29-51-42-25-24-39(48-5)26-43(42)52-30-41(54-45(47)32(3)4)28-50-38-22-18-36(19-23-38)34-14-10-7-11-15-34/h6-26,40-41H,1,3,27-30H2,2,4-5H3. The van der Waals surface area contributed by atoms with E-state index in [9.17, 15) is 9.59 Å². The lowest BCUT2D eigenvalue weighted by atomic mass is 10.1. The Morgan fingerprint density at radius 3 is 1.26 bits per heavy atom. The largest absolute Gasteiger partial charge is 0.497 e. The first-order chi connectivity index (χ1) is 26.2. The van der Waals surface area contributed by atoms with Crippen LogP contribution in [-0.2, 0) is 19.1 Å². The number of methoxy groups -OCH3 is 1. The Morgan fingerprint density at radius 1 is 0.481 bits per heavy atom. The van der Waals surface area contributed by atoms with Gasteiger partial charge in [0.15, 0.2) is 23.7 Å². The van der Waals surface area contributed by atoms with Crippen molar-refractivity contribution in [2.45, 2.75) is 26.1 Å². The molecule has 5 rings (SSSR count). The van der Waals surface area contributed by atoms with Gasteiger partial charge in [0.1, 0.15) is 43.7 Å². The summed E-state index contributed by atoms with van der Waals surface area (Å²) in [7, 11) is 1.53. The molecule has 0 saturated heterocycles. The van der Waals surface area contributed by atoms with E-state index < -0.39 is 24.1 Å². The Balaban J connectivity index is 1.25. The lowest BCUT2D eigenvalue weighted by Gasteiger charge is -2.22. The molecule has 0 aliphatic heterocycles. The van der Waals surface area contributed by atoms with Gasteiger partial charge in [-0.2, -0.15) is 0 Å². The minimum Gasteiger partial charge on any atom is -0.497 e. The van der Waals surface area contributed by atoms with E-state index in [-0.39, 0.29) is 37.6 Å². The van der Waals surface area contributed by atoms with Gasteiger partial charge in [-0.1, -0.05) is 98.1 Å². The van der Waals surface area contributed by atoms with Crippen molar-refractivity contribution in [1.82, 2.24) is 0 Å². The first kappa shape index (κ1) is 38.7. The van der Waals surface area contributed by atoms with Crippen LogP contribution in [0.5, 0.6) is 28.7 Å². The van der Waals surface area contributed by atoms with Crippen LogP contribution in [0.2, 0.25) is 0 Å². The average molecular weight is 729 g/mol. The molecule has 0 saturated carbocycles. The molecule has 2 unspecified atom stereocenters. The molecular formula is C45H44O9. The second-order valence-electron chi connectivity index (χ2n) is 12.5. The maximum atomic E-state index is 12.6. The van der Waals surface area contributed by atoms with Gasteiger partial charge < -0.3 is 33.2 Å². The van der Waals surface area contributed by atoms with Crippen molar-refractivity contribution >= 4 is 11.9 Å². The molecule has 0 fully saturated rings. The van der Waals surface area contributed by atoms with Gasteiger partial charge in [0.05, 0.1) is 7.11 Å². The van der Waals surface area contributed by atoms with Gasteiger partial charge in [0.2, 0.25) is 0 Å². The molecule has 0 spiro atoms. The van der Waals surface area contributed by atoms with E-state index in [4.69, 9.17) is 33.2 Å². The lowest BCUT2D eigenvalue weighted by molar-refractivity contribution is -0.148. The minimum atomic E-state index is -0.812. The van der Waals surface area contributed by atoms with Gasteiger partial charge in [-0.3, -0.25) is 0 Å². The summed E-state index contributed by atoms with van der Waals surface area (Å²) in [4.78, 5) is 25.1. The Hall–Kier alpha value is -6.48. The molecule has 5 aromatic carbocycles. The SMILES string of the molecule is C=C(C)C(=O)OC(COc1ccc(-c2ccccc2)cc1)COc1ccc(OC)cc1OCC(COc1ccc(-c2ccccc2)cc1)OC(=O)C(=C)C. The first-order valence-corrected chi connectivity index (χ1v) is 17.4. The molecule has 278 valence electrons. The summed E-state index contributed by atoms with van der Waals surface area (Å²) in [5.41, 5.74) is 4.74. The van der Waals surface area contributed by atoms with E-state index >= 15 is 0 Å². The third kappa shape index (κ3) is 11.5. The first-order valence-electron chi connectivity index (χ1n) is 17.4. The number of esters is 2. The molecule has 0 aliphatic rings. The average Bonchev–Trinajstić information content (AvgIpc) is 3.20. The predicted octanol–water partition coefficient (Wildman–Crippen LogP) is 8.92. The molecule has 9 nitrogen and oxygen atoms in total. The summed E-state index contributed by atoms with van der Waals surface area (Å²) < 4.78 is 41.1. The van der Waals surface area contributed by atoms with Gasteiger partial charge in [-0.15, -0.1) is 0 Å². The van der Waals surface area contributed by atoms with Gasteiger partial charge in [-0.05, 0) is 72.5 Å². The Morgan fingerprint density at radius 2 is 0.852 bits per heavy atom. The molecule has 2 atom stereocenters. The van der Waals surface area contributed by atoms with Crippen LogP contribution in [0.4, 0.5) is 0 Å².